The van der Waals surface area contributed by atoms with Gasteiger partial charge in [0.15, 0.2) is 0 Å². The number of rotatable bonds is 5. The predicted molar refractivity (Wildman–Crippen MR) is 65.2 cm³/mol. The van der Waals surface area contributed by atoms with Gasteiger partial charge in [0.1, 0.15) is 0 Å². The summed E-state index contributed by atoms with van der Waals surface area (Å²) in [6.07, 6.45) is 7.27. The summed E-state index contributed by atoms with van der Waals surface area (Å²) < 4.78 is 0. The minimum Gasteiger partial charge on any atom is -0.341 e. The van der Waals surface area contributed by atoms with Gasteiger partial charge in [0.25, 0.3) is 0 Å². The van der Waals surface area contributed by atoms with Crippen LogP contribution in [0.3, 0.4) is 0 Å². The van der Waals surface area contributed by atoms with Gasteiger partial charge in [-0.1, -0.05) is 26.2 Å². The van der Waals surface area contributed by atoms with Gasteiger partial charge < -0.3 is 10.2 Å². The van der Waals surface area contributed by atoms with Crippen molar-refractivity contribution in [3.05, 3.63) is 0 Å². The monoisotopic (exact) mass is 224 g/mol. The lowest BCUT2D eigenvalue weighted by Crippen LogP contribution is -2.41. The fourth-order valence-corrected chi connectivity index (χ4v) is 2.93. The van der Waals surface area contributed by atoms with Crippen LogP contribution in [0, 0.1) is 5.92 Å². The van der Waals surface area contributed by atoms with Crippen LogP contribution < -0.4 is 5.32 Å². The van der Waals surface area contributed by atoms with Crippen LogP contribution in [-0.4, -0.2) is 36.5 Å². The minimum atomic E-state index is 0.292. The van der Waals surface area contributed by atoms with Crippen molar-refractivity contribution < 1.29 is 4.79 Å². The smallest absolute Gasteiger partial charge is 0.227 e. The highest BCUT2D eigenvalue weighted by Gasteiger charge is 2.40. The highest BCUT2D eigenvalue weighted by molar-refractivity contribution is 5.82. The molecule has 0 aromatic heterocycles. The molecule has 2 heterocycles. The van der Waals surface area contributed by atoms with Crippen LogP contribution in [0.15, 0.2) is 0 Å². The van der Waals surface area contributed by atoms with Gasteiger partial charge in [-0.2, -0.15) is 0 Å². The molecule has 2 atom stereocenters. The van der Waals surface area contributed by atoms with E-state index in [4.69, 9.17) is 0 Å². The molecule has 0 bridgehead atoms. The standard InChI is InChI=1S/C13H24N2O/c1-2-3-4-5-9-15-10-12-11(13(15)16)7-6-8-14-12/h11-12,14H,2-10H2,1H3. The van der Waals surface area contributed by atoms with Gasteiger partial charge >= 0.3 is 0 Å². The molecule has 2 saturated heterocycles. The summed E-state index contributed by atoms with van der Waals surface area (Å²) in [6, 6.07) is 0.451. The van der Waals surface area contributed by atoms with Crippen molar-refractivity contribution in [2.75, 3.05) is 19.6 Å². The molecule has 0 radical (unpaired) electrons. The highest BCUT2D eigenvalue weighted by atomic mass is 16.2. The van der Waals surface area contributed by atoms with Crippen molar-refractivity contribution in [1.82, 2.24) is 10.2 Å². The number of hydrogen-bond acceptors (Lipinski definition) is 2. The van der Waals surface area contributed by atoms with E-state index in [1.165, 1.54) is 25.7 Å². The van der Waals surface area contributed by atoms with E-state index in [0.29, 0.717) is 17.9 Å². The third-order valence-electron chi connectivity index (χ3n) is 3.91. The molecule has 2 unspecified atom stereocenters. The van der Waals surface area contributed by atoms with Gasteiger partial charge in [-0.15, -0.1) is 0 Å². The van der Waals surface area contributed by atoms with Gasteiger partial charge in [0, 0.05) is 19.1 Å². The van der Waals surface area contributed by atoms with E-state index in [9.17, 15) is 4.79 Å². The molecule has 92 valence electrons. The zero-order valence-corrected chi connectivity index (χ0v) is 10.4. The van der Waals surface area contributed by atoms with E-state index in [-0.39, 0.29) is 0 Å². The largest absolute Gasteiger partial charge is 0.341 e. The number of nitrogens with zero attached hydrogens (tertiary/aromatic N) is 1. The first kappa shape index (κ1) is 11.9. The van der Waals surface area contributed by atoms with Crippen molar-refractivity contribution >= 4 is 5.91 Å². The molecular formula is C13H24N2O. The zero-order valence-electron chi connectivity index (χ0n) is 10.4. The number of fused-ring (bicyclic) bond motifs is 1. The van der Waals surface area contributed by atoms with Crippen molar-refractivity contribution in [2.24, 2.45) is 5.92 Å². The molecule has 0 aromatic rings. The maximum Gasteiger partial charge on any atom is 0.227 e. The SMILES string of the molecule is CCCCCCN1CC2NCCCC2C1=O. The number of piperidine rings is 1. The zero-order chi connectivity index (χ0) is 11.4. The molecule has 0 aliphatic carbocycles. The van der Waals surface area contributed by atoms with E-state index in [2.05, 4.69) is 17.1 Å². The third kappa shape index (κ3) is 2.57. The summed E-state index contributed by atoms with van der Waals surface area (Å²) in [4.78, 5) is 14.2. The topological polar surface area (TPSA) is 32.3 Å². The number of carbonyl (C=O) groups excluding carboxylic acids is 1. The molecule has 0 spiro atoms. The molecule has 1 N–H and O–H groups in total. The number of nitrogens with one attached hydrogen (secondary N) is 1. The van der Waals surface area contributed by atoms with E-state index in [1.807, 2.05) is 0 Å². The van der Waals surface area contributed by atoms with E-state index in [0.717, 1.165) is 32.5 Å². The van der Waals surface area contributed by atoms with Gasteiger partial charge in [-0.05, 0) is 25.8 Å². The number of amides is 1. The maximum atomic E-state index is 12.1. The Morgan fingerprint density at radius 2 is 2.25 bits per heavy atom. The Kier molecular flexibility index (Phi) is 4.22. The van der Waals surface area contributed by atoms with Crippen LogP contribution >= 0.6 is 0 Å². The Bertz CT molecular complexity index is 242. The lowest BCUT2D eigenvalue weighted by atomic mass is 9.94. The normalized spacial score (nSPS) is 29.6. The molecule has 1 amide bonds. The summed E-state index contributed by atoms with van der Waals surface area (Å²) in [5.41, 5.74) is 0. The molecule has 2 fully saturated rings. The summed E-state index contributed by atoms with van der Waals surface area (Å²) in [5, 5.41) is 3.48. The molecule has 2 aliphatic heterocycles. The second-order valence-corrected chi connectivity index (χ2v) is 5.15. The Balaban J connectivity index is 1.76. The Morgan fingerprint density at radius 1 is 1.38 bits per heavy atom. The first-order valence-electron chi connectivity index (χ1n) is 6.85. The molecule has 0 aromatic carbocycles. The van der Waals surface area contributed by atoms with Gasteiger partial charge in [-0.3, -0.25) is 4.79 Å². The summed E-state index contributed by atoms with van der Waals surface area (Å²) >= 11 is 0. The van der Waals surface area contributed by atoms with Gasteiger partial charge in [-0.25, -0.2) is 0 Å². The van der Waals surface area contributed by atoms with Crippen LogP contribution in [-0.2, 0) is 4.79 Å². The Morgan fingerprint density at radius 3 is 3.00 bits per heavy atom. The molecule has 16 heavy (non-hydrogen) atoms. The van der Waals surface area contributed by atoms with Crippen LogP contribution in [0.4, 0.5) is 0 Å². The number of hydrogen-bond donors (Lipinski definition) is 1. The molecule has 3 heteroatoms. The maximum absolute atomic E-state index is 12.1. The quantitative estimate of drug-likeness (QED) is 0.722. The lowest BCUT2D eigenvalue weighted by molar-refractivity contribution is -0.131. The van der Waals surface area contributed by atoms with Crippen molar-refractivity contribution in [2.45, 2.75) is 51.5 Å². The van der Waals surface area contributed by atoms with Gasteiger partial charge in [0.05, 0.1) is 5.92 Å². The highest BCUT2D eigenvalue weighted by Crippen LogP contribution is 2.26. The molecule has 2 rings (SSSR count). The van der Waals surface area contributed by atoms with E-state index in [1.54, 1.807) is 0 Å². The average molecular weight is 224 g/mol. The van der Waals surface area contributed by atoms with Crippen LogP contribution in [0.5, 0.6) is 0 Å². The number of unbranched alkanes of at least 4 members (excludes halogenated alkanes) is 3. The predicted octanol–water partition coefficient (Wildman–Crippen LogP) is 1.78. The number of likely N-dealkylation sites (tertiary alicyclic amines) is 1. The van der Waals surface area contributed by atoms with E-state index < -0.39 is 0 Å². The van der Waals surface area contributed by atoms with E-state index >= 15 is 0 Å². The third-order valence-corrected chi connectivity index (χ3v) is 3.91. The van der Waals surface area contributed by atoms with Crippen molar-refractivity contribution in [1.29, 1.82) is 0 Å². The summed E-state index contributed by atoms with van der Waals surface area (Å²) in [5.74, 6) is 0.702. The molecule has 0 saturated carbocycles. The lowest BCUT2D eigenvalue weighted by Gasteiger charge is -2.23. The Hall–Kier alpha value is -0.570. The summed E-state index contributed by atoms with van der Waals surface area (Å²) in [7, 11) is 0. The van der Waals surface area contributed by atoms with Crippen molar-refractivity contribution in [3.63, 3.8) is 0 Å². The Labute approximate surface area is 98.6 Å². The van der Waals surface area contributed by atoms with Crippen LogP contribution in [0.25, 0.3) is 0 Å². The van der Waals surface area contributed by atoms with Crippen LogP contribution in [0.2, 0.25) is 0 Å². The molecule has 3 nitrogen and oxygen atoms in total. The summed E-state index contributed by atoms with van der Waals surface area (Å²) in [6.45, 7) is 5.25. The first-order chi connectivity index (χ1) is 7.83. The minimum absolute atomic E-state index is 0.292. The second-order valence-electron chi connectivity index (χ2n) is 5.15. The van der Waals surface area contributed by atoms with Crippen LogP contribution in [0.1, 0.15) is 45.4 Å². The first-order valence-corrected chi connectivity index (χ1v) is 6.85. The molecule has 2 aliphatic rings. The van der Waals surface area contributed by atoms with Crippen molar-refractivity contribution in [3.8, 4) is 0 Å². The fourth-order valence-electron chi connectivity index (χ4n) is 2.93. The van der Waals surface area contributed by atoms with Gasteiger partial charge in [0.2, 0.25) is 5.91 Å². The number of carbonyl (C=O) groups is 1. The second kappa shape index (κ2) is 5.67. The average Bonchev–Trinajstić information content (AvgIpc) is 2.63. The fraction of sp³-hybridized carbons (Fsp3) is 0.923. The molecular weight excluding hydrogens is 200 g/mol.